The third kappa shape index (κ3) is 4.91. The first-order chi connectivity index (χ1) is 8.27. The van der Waals surface area contributed by atoms with E-state index in [4.69, 9.17) is 0 Å². The summed E-state index contributed by atoms with van der Waals surface area (Å²) in [5.74, 6) is -0.997. The summed E-state index contributed by atoms with van der Waals surface area (Å²) in [6.07, 6.45) is 0.711. The van der Waals surface area contributed by atoms with E-state index in [1.165, 1.54) is 0 Å². The Morgan fingerprint density at radius 3 is 2.11 bits per heavy atom. The number of carbonyl (C=O) groups excluding carboxylic acids is 1. The molecule has 0 rings (SSSR count). The topological polar surface area (TPSA) is 81.7 Å². The van der Waals surface area contributed by atoms with Crippen LogP contribution in [0.2, 0.25) is 0 Å². The van der Waals surface area contributed by atoms with Gasteiger partial charge in [0.2, 0.25) is 0 Å². The first-order valence-corrected chi connectivity index (χ1v) is 6.24. The van der Waals surface area contributed by atoms with Crippen LogP contribution in [0.15, 0.2) is 0 Å². The Kier molecular flexibility index (Phi) is 6.68. The molecule has 18 heavy (non-hydrogen) atoms. The molecule has 0 bridgehead atoms. The highest BCUT2D eigenvalue weighted by atomic mass is 16.4. The van der Waals surface area contributed by atoms with Crippen LogP contribution in [0.25, 0.3) is 0 Å². The minimum atomic E-state index is -1.18. The van der Waals surface area contributed by atoms with Gasteiger partial charge in [-0.05, 0) is 33.9 Å². The van der Waals surface area contributed by atoms with Crippen molar-refractivity contribution in [2.75, 3.05) is 20.6 Å². The molecule has 0 heterocycles. The predicted molar refractivity (Wildman–Crippen MR) is 70.6 cm³/mol. The number of urea groups is 1. The number of nitrogens with zero attached hydrogens (tertiary/aromatic N) is 1. The number of carboxylic acids is 1. The summed E-state index contributed by atoms with van der Waals surface area (Å²) >= 11 is 0. The third-order valence-corrected chi connectivity index (χ3v) is 2.99. The maximum atomic E-state index is 11.8. The van der Waals surface area contributed by atoms with E-state index < -0.39 is 17.5 Å². The molecular weight excluding hydrogens is 234 g/mol. The number of hydrogen-bond donors (Lipinski definition) is 3. The molecule has 0 aromatic heterocycles. The summed E-state index contributed by atoms with van der Waals surface area (Å²) in [5.41, 5.74) is -1.18. The van der Waals surface area contributed by atoms with Gasteiger partial charge in [0.15, 0.2) is 0 Å². The molecule has 1 atom stereocenters. The van der Waals surface area contributed by atoms with E-state index in [9.17, 15) is 14.7 Å². The number of rotatable bonds is 7. The highest BCUT2D eigenvalue weighted by Gasteiger charge is 2.36. The standard InChI is InChI=1S/C12H25N3O3/c1-6-12(7-2,10(16)17)14-11(18)13-9(3)8-15(4)5/h9H,6-8H2,1-5H3,(H,16,17)(H2,13,14,18). The number of hydrogen-bond acceptors (Lipinski definition) is 3. The Balaban J connectivity index is 4.48. The van der Waals surface area contributed by atoms with Crippen molar-refractivity contribution in [1.29, 1.82) is 0 Å². The zero-order valence-electron chi connectivity index (χ0n) is 11.9. The molecular formula is C12H25N3O3. The van der Waals surface area contributed by atoms with Crippen molar-refractivity contribution >= 4 is 12.0 Å². The number of carbonyl (C=O) groups is 2. The minimum Gasteiger partial charge on any atom is -0.480 e. The van der Waals surface area contributed by atoms with Gasteiger partial charge in [-0.15, -0.1) is 0 Å². The number of carboxylic acid groups (broad SMARTS) is 1. The molecule has 0 aromatic carbocycles. The second-order valence-corrected chi connectivity index (χ2v) is 4.86. The third-order valence-electron chi connectivity index (χ3n) is 2.99. The van der Waals surface area contributed by atoms with Crippen LogP contribution < -0.4 is 10.6 Å². The fourth-order valence-corrected chi connectivity index (χ4v) is 1.85. The normalized spacial score (nSPS) is 13.2. The molecule has 0 radical (unpaired) electrons. The van der Waals surface area contributed by atoms with Crippen LogP contribution in [-0.2, 0) is 4.79 Å². The molecule has 3 N–H and O–H groups in total. The smallest absolute Gasteiger partial charge is 0.329 e. The van der Waals surface area contributed by atoms with E-state index in [0.29, 0.717) is 19.4 Å². The highest BCUT2D eigenvalue weighted by Crippen LogP contribution is 2.15. The Morgan fingerprint density at radius 1 is 1.28 bits per heavy atom. The summed E-state index contributed by atoms with van der Waals surface area (Å²) in [4.78, 5) is 25.0. The van der Waals surface area contributed by atoms with Gasteiger partial charge in [0.05, 0.1) is 0 Å². The highest BCUT2D eigenvalue weighted by molar-refractivity contribution is 5.86. The molecule has 0 saturated heterocycles. The van der Waals surface area contributed by atoms with Gasteiger partial charge in [0.25, 0.3) is 0 Å². The molecule has 6 nitrogen and oxygen atoms in total. The summed E-state index contributed by atoms with van der Waals surface area (Å²) in [7, 11) is 3.82. The van der Waals surface area contributed by atoms with Crippen molar-refractivity contribution in [3.63, 3.8) is 0 Å². The number of nitrogens with one attached hydrogen (secondary N) is 2. The molecule has 0 aliphatic heterocycles. The van der Waals surface area contributed by atoms with Crippen LogP contribution in [0.5, 0.6) is 0 Å². The average Bonchev–Trinajstić information content (AvgIpc) is 2.24. The van der Waals surface area contributed by atoms with Crippen LogP contribution in [-0.4, -0.2) is 54.2 Å². The zero-order chi connectivity index (χ0) is 14.3. The first kappa shape index (κ1) is 16.7. The molecule has 0 aromatic rings. The minimum absolute atomic E-state index is 0.0415. The van der Waals surface area contributed by atoms with Gasteiger partial charge in [-0.2, -0.15) is 0 Å². The second kappa shape index (κ2) is 7.20. The lowest BCUT2D eigenvalue weighted by atomic mass is 9.93. The quantitative estimate of drug-likeness (QED) is 0.634. The van der Waals surface area contributed by atoms with Crippen molar-refractivity contribution in [1.82, 2.24) is 15.5 Å². The average molecular weight is 259 g/mol. The SMILES string of the molecule is CCC(CC)(NC(=O)NC(C)CN(C)C)C(=O)O. The monoisotopic (exact) mass is 259 g/mol. The van der Waals surface area contributed by atoms with Gasteiger partial charge in [-0.25, -0.2) is 9.59 Å². The summed E-state index contributed by atoms with van der Waals surface area (Å²) in [5, 5.41) is 14.5. The van der Waals surface area contributed by atoms with Crippen LogP contribution in [0, 0.1) is 0 Å². The fraction of sp³-hybridized carbons (Fsp3) is 0.833. The molecule has 0 saturated carbocycles. The lowest BCUT2D eigenvalue weighted by Crippen LogP contribution is -2.58. The number of aliphatic carboxylic acids is 1. The van der Waals surface area contributed by atoms with Crippen molar-refractivity contribution in [2.45, 2.75) is 45.2 Å². The van der Waals surface area contributed by atoms with Gasteiger partial charge in [-0.3, -0.25) is 0 Å². The van der Waals surface area contributed by atoms with E-state index in [1.54, 1.807) is 13.8 Å². The van der Waals surface area contributed by atoms with Crippen molar-refractivity contribution < 1.29 is 14.7 Å². The Labute approximate surface area is 109 Å². The summed E-state index contributed by atoms with van der Waals surface area (Å²) in [6.45, 7) is 6.08. The van der Waals surface area contributed by atoms with Gasteiger partial charge in [0, 0.05) is 12.6 Å². The molecule has 2 amide bonds. The van der Waals surface area contributed by atoms with E-state index in [-0.39, 0.29) is 6.04 Å². The lowest BCUT2D eigenvalue weighted by Gasteiger charge is -2.29. The van der Waals surface area contributed by atoms with Crippen molar-refractivity contribution in [3.05, 3.63) is 0 Å². The lowest BCUT2D eigenvalue weighted by molar-refractivity contribution is -0.144. The van der Waals surface area contributed by atoms with Gasteiger partial charge in [0.1, 0.15) is 5.54 Å². The Bertz CT molecular complexity index is 288. The van der Waals surface area contributed by atoms with Crippen LogP contribution in [0.3, 0.4) is 0 Å². The summed E-state index contributed by atoms with van der Waals surface area (Å²) in [6, 6.07) is -0.476. The Morgan fingerprint density at radius 2 is 1.78 bits per heavy atom. The van der Waals surface area contributed by atoms with Gasteiger partial charge >= 0.3 is 12.0 Å². The van der Waals surface area contributed by atoms with Crippen LogP contribution >= 0.6 is 0 Å². The molecule has 1 unspecified atom stereocenters. The summed E-state index contributed by atoms with van der Waals surface area (Å²) < 4.78 is 0. The molecule has 0 spiro atoms. The van der Waals surface area contributed by atoms with Crippen molar-refractivity contribution in [2.24, 2.45) is 0 Å². The Hall–Kier alpha value is -1.30. The maximum absolute atomic E-state index is 11.8. The maximum Gasteiger partial charge on any atom is 0.329 e. The van der Waals surface area contributed by atoms with Gasteiger partial charge in [-0.1, -0.05) is 13.8 Å². The first-order valence-electron chi connectivity index (χ1n) is 6.24. The molecule has 0 fully saturated rings. The molecule has 0 aliphatic carbocycles. The molecule has 6 heteroatoms. The second-order valence-electron chi connectivity index (χ2n) is 4.86. The van der Waals surface area contributed by atoms with E-state index >= 15 is 0 Å². The van der Waals surface area contributed by atoms with Gasteiger partial charge < -0.3 is 20.6 Å². The molecule has 0 aliphatic rings. The van der Waals surface area contributed by atoms with E-state index in [0.717, 1.165) is 0 Å². The number of likely N-dealkylation sites (N-methyl/N-ethyl adjacent to an activating group) is 1. The van der Waals surface area contributed by atoms with Crippen LogP contribution in [0.4, 0.5) is 4.79 Å². The fourth-order valence-electron chi connectivity index (χ4n) is 1.85. The van der Waals surface area contributed by atoms with Crippen molar-refractivity contribution in [3.8, 4) is 0 Å². The largest absolute Gasteiger partial charge is 0.480 e. The van der Waals surface area contributed by atoms with E-state index in [1.807, 2.05) is 25.9 Å². The number of amides is 2. The van der Waals surface area contributed by atoms with Crippen LogP contribution in [0.1, 0.15) is 33.6 Å². The molecule has 106 valence electrons. The zero-order valence-corrected chi connectivity index (χ0v) is 11.9. The van der Waals surface area contributed by atoms with E-state index in [2.05, 4.69) is 10.6 Å². The predicted octanol–water partition coefficient (Wildman–Crippen LogP) is 0.879.